The number of fused-ring (bicyclic) bond motifs is 1. The van der Waals surface area contributed by atoms with Gasteiger partial charge in [-0.1, -0.05) is 12.1 Å². The molecule has 0 radical (unpaired) electrons. The molecule has 1 amide bonds. The lowest BCUT2D eigenvalue weighted by Crippen LogP contribution is -2.48. The van der Waals surface area contributed by atoms with E-state index in [4.69, 9.17) is 0 Å². The first-order chi connectivity index (χ1) is 14.3. The van der Waals surface area contributed by atoms with E-state index in [2.05, 4.69) is 15.3 Å². The molecule has 0 aliphatic carbocycles. The summed E-state index contributed by atoms with van der Waals surface area (Å²) in [6, 6.07) is 10.9. The number of imidazole rings is 1. The molecular weight excluding hydrogens is 402 g/mol. The minimum Gasteiger partial charge on any atom is -0.367 e. The van der Waals surface area contributed by atoms with Crippen LogP contribution in [0.25, 0.3) is 11.0 Å². The Morgan fingerprint density at radius 1 is 1.10 bits per heavy atom. The molecule has 0 saturated carbocycles. The Morgan fingerprint density at radius 2 is 1.83 bits per heavy atom. The molecule has 1 aliphatic rings. The zero-order valence-corrected chi connectivity index (χ0v) is 15.8. The Morgan fingerprint density at radius 3 is 2.53 bits per heavy atom. The van der Waals surface area contributed by atoms with Crippen molar-refractivity contribution in [2.45, 2.75) is 6.18 Å². The first-order valence-corrected chi connectivity index (χ1v) is 9.38. The number of rotatable bonds is 4. The number of hydrogen-bond donors (Lipinski definition) is 2. The summed E-state index contributed by atoms with van der Waals surface area (Å²) in [4.78, 5) is 22.0. The number of alkyl halides is 3. The number of carbonyl (C=O) groups excluding carboxylic acids is 1. The predicted octanol–water partition coefficient (Wildman–Crippen LogP) is 3.48. The van der Waals surface area contributed by atoms with Gasteiger partial charge in [-0.25, -0.2) is 9.37 Å². The highest BCUT2D eigenvalue weighted by atomic mass is 19.4. The van der Waals surface area contributed by atoms with E-state index in [-0.39, 0.29) is 29.3 Å². The molecule has 0 unspecified atom stereocenters. The van der Waals surface area contributed by atoms with E-state index >= 15 is 0 Å². The average Bonchev–Trinajstić information content (AvgIpc) is 3.13. The van der Waals surface area contributed by atoms with E-state index in [1.165, 1.54) is 24.3 Å². The first-order valence-electron chi connectivity index (χ1n) is 9.38. The summed E-state index contributed by atoms with van der Waals surface area (Å²) < 4.78 is 52.2. The second-order valence-electron chi connectivity index (χ2n) is 7.08. The summed E-state index contributed by atoms with van der Waals surface area (Å²) >= 11 is 0. The van der Waals surface area contributed by atoms with E-state index in [0.29, 0.717) is 37.6 Å². The fourth-order valence-electron chi connectivity index (χ4n) is 3.48. The van der Waals surface area contributed by atoms with Gasteiger partial charge in [-0.3, -0.25) is 9.69 Å². The van der Waals surface area contributed by atoms with Gasteiger partial charge in [0.25, 0.3) is 0 Å². The van der Waals surface area contributed by atoms with Gasteiger partial charge in [0.05, 0.1) is 23.3 Å². The number of carbonyl (C=O) groups is 1. The van der Waals surface area contributed by atoms with Crippen molar-refractivity contribution in [1.29, 1.82) is 0 Å². The molecule has 1 fully saturated rings. The summed E-state index contributed by atoms with van der Waals surface area (Å²) in [7, 11) is 0. The second-order valence-corrected chi connectivity index (χ2v) is 7.08. The lowest BCUT2D eigenvalue weighted by Gasteiger charge is -2.35. The van der Waals surface area contributed by atoms with Gasteiger partial charge in [0.2, 0.25) is 11.7 Å². The van der Waals surface area contributed by atoms with Crippen molar-refractivity contribution < 1.29 is 22.4 Å². The third kappa shape index (κ3) is 4.38. The maximum Gasteiger partial charge on any atom is 0.449 e. The number of nitrogens with one attached hydrogen (secondary N) is 2. The topological polar surface area (TPSA) is 64.3 Å². The quantitative estimate of drug-likeness (QED) is 0.634. The summed E-state index contributed by atoms with van der Waals surface area (Å²) in [5, 5.41) is 2.70. The van der Waals surface area contributed by atoms with Crippen LogP contribution in [-0.2, 0) is 11.0 Å². The van der Waals surface area contributed by atoms with Gasteiger partial charge < -0.3 is 15.2 Å². The van der Waals surface area contributed by atoms with E-state index in [0.717, 1.165) is 0 Å². The van der Waals surface area contributed by atoms with E-state index in [1.807, 2.05) is 9.80 Å². The minimum atomic E-state index is -4.56. The van der Waals surface area contributed by atoms with Crippen molar-refractivity contribution >= 4 is 28.3 Å². The molecule has 1 aliphatic heterocycles. The van der Waals surface area contributed by atoms with Gasteiger partial charge in [-0.05, 0) is 30.3 Å². The van der Waals surface area contributed by atoms with Gasteiger partial charge in [-0.15, -0.1) is 0 Å². The molecule has 3 aromatic rings. The van der Waals surface area contributed by atoms with Gasteiger partial charge in [0, 0.05) is 31.9 Å². The summed E-state index contributed by atoms with van der Waals surface area (Å²) in [6.07, 6.45) is -4.56. The number of aromatic amines is 1. The Kier molecular flexibility index (Phi) is 5.33. The fourth-order valence-corrected chi connectivity index (χ4v) is 3.48. The van der Waals surface area contributed by atoms with Gasteiger partial charge in [-0.2, -0.15) is 13.2 Å². The zero-order valence-electron chi connectivity index (χ0n) is 15.8. The Hall–Kier alpha value is -3.14. The summed E-state index contributed by atoms with van der Waals surface area (Å²) in [6.45, 7) is 2.51. The molecule has 2 N–H and O–H groups in total. The highest BCUT2D eigenvalue weighted by molar-refractivity contribution is 5.94. The SMILES string of the molecule is O=C(CN1CCN(c2ccccc2F)CC1)Nc1ccc2nc(C(F)(F)F)[nH]c2c1. The van der Waals surface area contributed by atoms with Crippen molar-refractivity contribution in [1.82, 2.24) is 14.9 Å². The van der Waals surface area contributed by atoms with Gasteiger partial charge >= 0.3 is 6.18 Å². The van der Waals surface area contributed by atoms with Crippen LogP contribution in [-0.4, -0.2) is 53.5 Å². The van der Waals surface area contributed by atoms with Gasteiger partial charge in [0.15, 0.2) is 0 Å². The molecule has 6 nitrogen and oxygen atoms in total. The molecule has 158 valence electrons. The number of amides is 1. The molecule has 2 heterocycles. The first kappa shape index (κ1) is 20.1. The normalized spacial score (nSPS) is 15.5. The molecule has 10 heteroatoms. The Balaban J connectivity index is 1.33. The standard InChI is InChI=1S/C20H19F4N5O/c21-14-3-1-2-4-17(14)29-9-7-28(8-10-29)12-18(30)25-13-5-6-15-16(11-13)27-19(26-15)20(22,23)24/h1-6,11H,7-10,12H2,(H,25,30)(H,26,27). The molecule has 1 saturated heterocycles. The largest absolute Gasteiger partial charge is 0.449 e. The number of H-pyrrole nitrogens is 1. The van der Waals surface area contributed by atoms with E-state index < -0.39 is 12.0 Å². The number of nitrogens with zero attached hydrogens (tertiary/aromatic N) is 3. The van der Waals surface area contributed by atoms with Crippen molar-refractivity contribution in [3.63, 3.8) is 0 Å². The van der Waals surface area contributed by atoms with Crippen LogP contribution >= 0.6 is 0 Å². The fraction of sp³-hybridized carbons (Fsp3) is 0.300. The molecule has 30 heavy (non-hydrogen) atoms. The van der Waals surface area contributed by atoms with E-state index in [1.54, 1.807) is 18.2 Å². The number of benzene rings is 2. The lowest BCUT2D eigenvalue weighted by molar-refractivity contribution is -0.144. The highest BCUT2D eigenvalue weighted by Gasteiger charge is 2.34. The lowest BCUT2D eigenvalue weighted by atomic mass is 10.2. The van der Waals surface area contributed by atoms with Crippen molar-refractivity contribution in [2.24, 2.45) is 0 Å². The second kappa shape index (κ2) is 7.94. The highest BCUT2D eigenvalue weighted by Crippen LogP contribution is 2.29. The summed E-state index contributed by atoms with van der Waals surface area (Å²) in [5.74, 6) is -1.62. The molecule has 0 spiro atoms. The van der Waals surface area contributed by atoms with Crippen LogP contribution in [0.1, 0.15) is 5.82 Å². The molecule has 0 bridgehead atoms. The van der Waals surface area contributed by atoms with Crippen LogP contribution in [0.15, 0.2) is 42.5 Å². The van der Waals surface area contributed by atoms with Crippen LogP contribution in [0.2, 0.25) is 0 Å². The van der Waals surface area contributed by atoms with E-state index in [9.17, 15) is 22.4 Å². The number of para-hydroxylation sites is 1. The Bertz CT molecular complexity index is 1060. The zero-order chi connectivity index (χ0) is 21.3. The average molecular weight is 421 g/mol. The minimum absolute atomic E-state index is 0.139. The van der Waals surface area contributed by atoms with Crippen molar-refractivity contribution in [2.75, 3.05) is 42.9 Å². The molecule has 4 rings (SSSR count). The number of hydrogen-bond acceptors (Lipinski definition) is 4. The third-order valence-corrected chi connectivity index (χ3v) is 4.97. The van der Waals surface area contributed by atoms with Gasteiger partial charge in [0.1, 0.15) is 5.82 Å². The maximum atomic E-state index is 13.9. The predicted molar refractivity (Wildman–Crippen MR) is 105 cm³/mol. The van der Waals surface area contributed by atoms with Crippen LogP contribution in [0.3, 0.4) is 0 Å². The monoisotopic (exact) mass is 421 g/mol. The molecular formula is C20H19F4N5O. The van der Waals surface area contributed by atoms with Crippen LogP contribution < -0.4 is 10.2 Å². The third-order valence-electron chi connectivity index (χ3n) is 4.97. The Labute approximate surface area is 169 Å². The molecule has 0 atom stereocenters. The number of aromatic nitrogens is 2. The van der Waals surface area contributed by atoms with Crippen molar-refractivity contribution in [3.8, 4) is 0 Å². The van der Waals surface area contributed by atoms with Crippen LogP contribution in [0.5, 0.6) is 0 Å². The summed E-state index contributed by atoms with van der Waals surface area (Å²) in [5.41, 5.74) is 1.30. The van der Waals surface area contributed by atoms with Crippen LogP contribution in [0.4, 0.5) is 28.9 Å². The maximum absolute atomic E-state index is 13.9. The number of piperazine rings is 1. The van der Waals surface area contributed by atoms with Crippen molar-refractivity contribution in [3.05, 3.63) is 54.1 Å². The van der Waals surface area contributed by atoms with Crippen LogP contribution in [0, 0.1) is 5.82 Å². The molecule has 2 aromatic carbocycles. The smallest absolute Gasteiger partial charge is 0.367 e. The molecule has 1 aromatic heterocycles. The number of halogens is 4. The number of anilines is 2.